The van der Waals surface area contributed by atoms with Crippen molar-refractivity contribution in [3.63, 3.8) is 0 Å². The van der Waals surface area contributed by atoms with Gasteiger partial charge in [0, 0.05) is 47.0 Å². The van der Waals surface area contributed by atoms with Gasteiger partial charge in [-0.05, 0) is 76.4 Å². The second-order valence-electron chi connectivity index (χ2n) is 10.8. The third-order valence-corrected chi connectivity index (χ3v) is 8.49. The van der Waals surface area contributed by atoms with E-state index in [0.717, 1.165) is 5.69 Å². The van der Waals surface area contributed by atoms with Crippen molar-refractivity contribution in [2.45, 2.75) is 68.7 Å². The van der Waals surface area contributed by atoms with Crippen molar-refractivity contribution < 1.29 is 23.2 Å². The Hall–Kier alpha value is -3.63. The highest BCUT2D eigenvalue weighted by molar-refractivity contribution is 7.85. The Labute approximate surface area is 236 Å². The molecule has 10 heteroatoms. The van der Waals surface area contributed by atoms with Gasteiger partial charge in [0.2, 0.25) is 0 Å². The van der Waals surface area contributed by atoms with Crippen LogP contribution in [0, 0.1) is 12.7 Å². The van der Waals surface area contributed by atoms with Crippen LogP contribution in [0.2, 0.25) is 0 Å². The molecule has 0 spiro atoms. The Morgan fingerprint density at radius 2 is 1.95 bits per heavy atom. The summed E-state index contributed by atoms with van der Waals surface area (Å²) >= 11 is 0. The monoisotopic (exact) mass is 566 g/mol. The van der Waals surface area contributed by atoms with Gasteiger partial charge in [0.1, 0.15) is 23.6 Å². The van der Waals surface area contributed by atoms with Crippen molar-refractivity contribution >= 4 is 33.7 Å². The summed E-state index contributed by atoms with van der Waals surface area (Å²) in [6, 6.07) is 10.2. The molecule has 0 bridgehead atoms. The zero-order valence-electron chi connectivity index (χ0n) is 23.3. The molecule has 1 aliphatic carbocycles. The van der Waals surface area contributed by atoms with Gasteiger partial charge in [-0.1, -0.05) is 6.07 Å². The van der Waals surface area contributed by atoms with Crippen LogP contribution >= 0.6 is 0 Å². The van der Waals surface area contributed by atoms with Gasteiger partial charge in [0.05, 0.1) is 39.8 Å². The predicted octanol–water partition coefficient (Wildman–Crippen LogP) is 5.53. The number of hydrogen-bond acceptors (Lipinski definition) is 7. The van der Waals surface area contributed by atoms with Crippen LogP contribution in [-0.2, 0) is 27.6 Å². The number of nitrogens with zero attached hydrogens (tertiary/aromatic N) is 3. The molecule has 0 aliphatic heterocycles. The maximum atomic E-state index is 14.5. The SMILES string of the molecule is CNc1cnn(C(C)(C)C)c1.Cc1c(Oc2ccnc3ccc(S(=O)C4CC(O)C4)cc23)ccc(CC=O)c1F. The predicted molar refractivity (Wildman–Crippen MR) is 155 cm³/mol. The molecule has 8 nitrogen and oxygen atoms in total. The smallest absolute Gasteiger partial charge is 0.138 e. The number of carbonyl (C=O) groups is 1. The number of fused-ring (bicyclic) bond motifs is 1. The Bertz CT molecular complexity index is 1530. The summed E-state index contributed by atoms with van der Waals surface area (Å²) in [5.74, 6) is 0.365. The largest absolute Gasteiger partial charge is 0.456 e. The number of nitrogens with one attached hydrogen (secondary N) is 1. The van der Waals surface area contributed by atoms with E-state index in [0.29, 0.717) is 57.6 Å². The van der Waals surface area contributed by atoms with E-state index < -0.39 is 16.6 Å². The molecule has 0 amide bonds. The first-order chi connectivity index (χ1) is 19.0. The highest BCUT2D eigenvalue weighted by atomic mass is 32.2. The van der Waals surface area contributed by atoms with Gasteiger partial charge in [-0.25, -0.2) is 4.39 Å². The molecule has 2 N–H and O–H groups in total. The summed E-state index contributed by atoms with van der Waals surface area (Å²) in [6.07, 6.45) is 6.80. The molecular formula is C30H35FN4O4S. The Morgan fingerprint density at radius 3 is 2.55 bits per heavy atom. The molecule has 1 aliphatic rings. The van der Waals surface area contributed by atoms with E-state index in [9.17, 15) is 18.5 Å². The summed E-state index contributed by atoms with van der Waals surface area (Å²) in [7, 11) is 0.670. The number of aliphatic hydroxyl groups is 1. The van der Waals surface area contributed by atoms with Gasteiger partial charge in [0.15, 0.2) is 0 Å². The number of pyridine rings is 1. The zero-order chi connectivity index (χ0) is 29.0. The zero-order valence-corrected chi connectivity index (χ0v) is 24.2. The minimum absolute atomic E-state index is 0.0101. The molecule has 5 rings (SSSR count). The number of anilines is 1. The first-order valence-corrected chi connectivity index (χ1v) is 14.3. The average Bonchev–Trinajstić information content (AvgIpc) is 3.41. The first kappa shape index (κ1) is 29.4. The number of hydrogen-bond donors (Lipinski definition) is 2. The normalized spacial score (nSPS) is 17.4. The third kappa shape index (κ3) is 6.56. The number of rotatable bonds is 7. The van der Waals surface area contributed by atoms with Crippen molar-refractivity contribution in [2.75, 3.05) is 12.4 Å². The molecule has 1 unspecified atom stereocenters. The molecule has 1 fully saturated rings. The number of aromatic nitrogens is 3. The number of benzene rings is 2. The molecule has 212 valence electrons. The van der Waals surface area contributed by atoms with Gasteiger partial charge in [-0.3, -0.25) is 13.9 Å². The van der Waals surface area contributed by atoms with E-state index in [-0.39, 0.29) is 23.3 Å². The van der Waals surface area contributed by atoms with E-state index in [1.54, 1.807) is 43.5 Å². The lowest BCUT2D eigenvalue weighted by atomic mass is 9.96. The van der Waals surface area contributed by atoms with Crippen molar-refractivity contribution in [2.24, 2.45) is 0 Å². The minimum atomic E-state index is -1.22. The van der Waals surface area contributed by atoms with Crippen LogP contribution in [0.4, 0.5) is 10.1 Å². The van der Waals surface area contributed by atoms with Crippen LogP contribution in [0.25, 0.3) is 10.9 Å². The summed E-state index contributed by atoms with van der Waals surface area (Å²) in [4.78, 5) is 15.7. The van der Waals surface area contributed by atoms with Crippen molar-refractivity contribution in [3.05, 3.63) is 71.9 Å². The fourth-order valence-corrected chi connectivity index (χ4v) is 5.85. The molecule has 2 aromatic heterocycles. The number of aldehydes is 1. The van der Waals surface area contributed by atoms with E-state index in [2.05, 4.69) is 36.2 Å². The highest BCUT2D eigenvalue weighted by Crippen LogP contribution is 2.35. The van der Waals surface area contributed by atoms with Crippen LogP contribution < -0.4 is 10.1 Å². The molecule has 0 saturated heterocycles. The van der Waals surface area contributed by atoms with Crippen LogP contribution in [0.15, 0.2) is 59.9 Å². The topological polar surface area (TPSA) is 106 Å². The number of halogens is 1. The number of ether oxygens (including phenoxy) is 1. The van der Waals surface area contributed by atoms with Crippen molar-refractivity contribution in [1.82, 2.24) is 14.8 Å². The van der Waals surface area contributed by atoms with Crippen LogP contribution in [-0.4, -0.2) is 48.8 Å². The molecule has 40 heavy (non-hydrogen) atoms. The van der Waals surface area contributed by atoms with Gasteiger partial charge < -0.3 is 20.0 Å². The lowest BCUT2D eigenvalue weighted by Gasteiger charge is -2.30. The standard InChI is InChI=1S/C22H20FNO4S.C8H15N3/c1-13-20(5-2-14(7-9-25)22(13)23)28-21-6-8-24-19-4-3-16(12-18(19)21)29(27)17-10-15(26)11-17;1-8(2,3)11-6-7(9-4)5-10-11/h2-6,8-9,12,15,17,26H,7,10-11H2,1H3;5-6,9H,1-4H3. The summed E-state index contributed by atoms with van der Waals surface area (Å²) in [6.45, 7) is 7.98. The fourth-order valence-electron chi connectivity index (χ4n) is 4.24. The molecule has 1 atom stereocenters. The Morgan fingerprint density at radius 1 is 1.20 bits per heavy atom. The molecular weight excluding hydrogens is 531 g/mol. The second kappa shape index (κ2) is 12.3. The van der Waals surface area contributed by atoms with E-state index >= 15 is 0 Å². The average molecular weight is 567 g/mol. The van der Waals surface area contributed by atoms with Crippen LogP contribution in [0.5, 0.6) is 11.5 Å². The summed E-state index contributed by atoms with van der Waals surface area (Å²) in [5.41, 5.74) is 2.45. The highest BCUT2D eigenvalue weighted by Gasteiger charge is 2.33. The third-order valence-electron chi connectivity index (χ3n) is 6.78. The quantitative estimate of drug-likeness (QED) is 0.284. The van der Waals surface area contributed by atoms with Gasteiger partial charge in [-0.2, -0.15) is 5.10 Å². The maximum Gasteiger partial charge on any atom is 0.138 e. The molecule has 2 aromatic carbocycles. The summed E-state index contributed by atoms with van der Waals surface area (Å²) < 4.78 is 35.2. The maximum absolute atomic E-state index is 14.5. The Balaban J connectivity index is 0.000000283. The molecule has 4 aromatic rings. The van der Waals surface area contributed by atoms with E-state index in [1.807, 2.05) is 24.1 Å². The molecule has 2 heterocycles. The lowest BCUT2D eigenvalue weighted by Crippen LogP contribution is -2.36. The van der Waals surface area contributed by atoms with Gasteiger partial charge in [-0.15, -0.1) is 0 Å². The second-order valence-corrected chi connectivity index (χ2v) is 12.5. The minimum Gasteiger partial charge on any atom is -0.456 e. The van der Waals surface area contributed by atoms with Crippen LogP contribution in [0.3, 0.4) is 0 Å². The lowest BCUT2D eigenvalue weighted by molar-refractivity contribution is -0.107. The van der Waals surface area contributed by atoms with Crippen molar-refractivity contribution in [1.29, 1.82) is 0 Å². The number of aliphatic hydroxyl groups excluding tert-OH is 1. The molecule has 1 saturated carbocycles. The number of carbonyl (C=O) groups excluding carboxylic acids is 1. The Kier molecular flexibility index (Phi) is 9.00. The van der Waals surface area contributed by atoms with E-state index in [1.165, 1.54) is 6.07 Å². The summed E-state index contributed by atoms with van der Waals surface area (Å²) in [5, 5.41) is 17.4. The van der Waals surface area contributed by atoms with Crippen molar-refractivity contribution in [3.8, 4) is 11.5 Å². The van der Waals surface area contributed by atoms with Gasteiger partial charge >= 0.3 is 0 Å². The van der Waals surface area contributed by atoms with E-state index in [4.69, 9.17) is 4.74 Å². The first-order valence-electron chi connectivity index (χ1n) is 13.1. The molecule has 0 radical (unpaired) electrons. The van der Waals surface area contributed by atoms with Crippen LogP contribution in [0.1, 0.15) is 44.7 Å². The van der Waals surface area contributed by atoms with Gasteiger partial charge in [0.25, 0.3) is 0 Å². The fraction of sp³-hybridized carbons (Fsp3) is 0.367.